The van der Waals surface area contributed by atoms with Gasteiger partial charge in [-0.2, -0.15) is 0 Å². The minimum Gasteiger partial charge on any atom is -0.495 e. The second-order valence-corrected chi connectivity index (χ2v) is 5.04. The number of anilines is 1. The number of nitrogens with zero attached hydrogens (tertiary/aromatic N) is 1. The lowest BCUT2D eigenvalue weighted by molar-refractivity contribution is -0.123. The molecule has 0 spiro atoms. The van der Waals surface area contributed by atoms with Crippen molar-refractivity contribution in [1.82, 2.24) is 4.90 Å². The summed E-state index contributed by atoms with van der Waals surface area (Å²) < 4.78 is 5.21. The van der Waals surface area contributed by atoms with Crippen LogP contribution in [0.15, 0.2) is 18.2 Å². The van der Waals surface area contributed by atoms with Gasteiger partial charge in [-0.25, -0.2) is 0 Å². The summed E-state index contributed by atoms with van der Waals surface area (Å²) in [6, 6.07) is 4.52. The van der Waals surface area contributed by atoms with E-state index in [1.165, 1.54) is 7.11 Å². The van der Waals surface area contributed by atoms with Crippen molar-refractivity contribution in [1.29, 1.82) is 0 Å². The van der Waals surface area contributed by atoms with Gasteiger partial charge in [0, 0.05) is 6.54 Å². The molecule has 21 heavy (non-hydrogen) atoms. The number of primary amides is 1. The van der Waals surface area contributed by atoms with Crippen LogP contribution in [0, 0.1) is 0 Å². The highest BCUT2D eigenvalue weighted by molar-refractivity contribution is 5.98. The topological polar surface area (TPSA) is 111 Å². The first-order valence-electron chi connectivity index (χ1n) is 6.50. The van der Waals surface area contributed by atoms with Gasteiger partial charge >= 0.3 is 0 Å². The van der Waals surface area contributed by atoms with Crippen LogP contribution in [0.3, 0.4) is 0 Å². The molecule has 1 rings (SSSR count). The minimum atomic E-state index is -0.982. The van der Waals surface area contributed by atoms with Gasteiger partial charge in [-0.1, -0.05) is 6.07 Å². The van der Waals surface area contributed by atoms with Gasteiger partial charge in [0.25, 0.3) is 0 Å². The zero-order chi connectivity index (χ0) is 16.0. The number of hydrogen-bond donors (Lipinski definition) is 3. The summed E-state index contributed by atoms with van der Waals surface area (Å²) >= 11 is 0. The molecule has 0 aliphatic carbocycles. The molecule has 7 nitrogen and oxygen atoms in total. The lowest BCUT2D eigenvalue weighted by Crippen LogP contribution is -2.39. The first kappa shape index (κ1) is 16.9. The second-order valence-electron chi connectivity index (χ2n) is 5.04. The highest BCUT2D eigenvalue weighted by atomic mass is 16.5. The van der Waals surface area contributed by atoms with Crippen molar-refractivity contribution in [2.75, 3.05) is 26.5 Å². The Bertz CT molecular complexity index is 517. The third-order valence-electron chi connectivity index (χ3n) is 2.78. The van der Waals surface area contributed by atoms with Gasteiger partial charge in [-0.05, 0) is 31.8 Å². The van der Waals surface area contributed by atoms with Crippen LogP contribution in [0.25, 0.3) is 0 Å². The molecule has 0 aromatic heterocycles. The van der Waals surface area contributed by atoms with E-state index in [2.05, 4.69) is 5.32 Å². The fourth-order valence-corrected chi connectivity index (χ4v) is 1.85. The molecule has 0 aliphatic heterocycles. The van der Waals surface area contributed by atoms with Crippen molar-refractivity contribution in [2.45, 2.75) is 19.0 Å². The molecular formula is C14H22N4O3. The molecule has 1 aromatic carbocycles. The van der Waals surface area contributed by atoms with E-state index >= 15 is 0 Å². The summed E-state index contributed by atoms with van der Waals surface area (Å²) in [5.41, 5.74) is 12.2. The molecule has 1 aromatic rings. The van der Waals surface area contributed by atoms with Crippen molar-refractivity contribution in [3.8, 4) is 5.75 Å². The van der Waals surface area contributed by atoms with Crippen molar-refractivity contribution < 1.29 is 14.3 Å². The molecule has 0 saturated carbocycles. The summed E-state index contributed by atoms with van der Waals surface area (Å²) in [5.74, 6) is -0.572. The average Bonchev–Trinajstić information content (AvgIpc) is 2.37. The average molecular weight is 294 g/mol. The zero-order valence-electron chi connectivity index (χ0n) is 12.6. The molecule has 1 unspecified atom stereocenters. The van der Waals surface area contributed by atoms with Gasteiger partial charge in [0.05, 0.1) is 25.3 Å². The Hall–Kier alpha value is -2.12. The number of carbonyl (C=O) groups excluding carboxylic acids is 2. The molecule has 1 atom stereocenters. The first-order chi connectivity index (χ1) is 9.83. The fourth-order valence-electron chi connectivity index (χ4n) is 1.85. The Labute approximate surface area is 124 Å². The summed E-state index contributed by atoms with van der Waals surface area (Å²) in [5, 5.41) is 2.66. The van der Waals surface area contributed by atoms with Gasteiger partial charge in [-0.15, -0.1) is 0 Å². The molecule has 0 aliphatic rings. The van der Waals surface area contributed by atoms with E-state index in [0.29, 0.717) is 11.4 Å². The fraction of sp³-hybridized carbons (Fsp3) is 0.429. The SMILES string of the molecule is COc1ccc(CN(C)C)cc1NC(=O)C(N)CC(N)=O. The van der Waals surface area contributed by atoms with Crippen molar-refractivity contribution >= 4 is 17.5 Å². The Morgan fingerprint density at radius 2 is 2.05 bits per heavy atom. The number of carbonyl (C=O) groups is 2. The summed E-state index contributed by atoms with van der Waals surface area (Å²) in [4.78, 5) is 24.7. The summed E-state index contributed by atoms with van der Waals surface area (Å²) in [6.07, 6.45) is -0.203. The van der Waals surface area contributed by atoms with Gasteiger partial charge in [-0.3, -0.25) is 9.59 Å². The van der Waals surface area contributed by atoms with Crippen LogP contribution in [0.5, 0.6) is 5.75 Å². The lowest BCUT2D eigenvalue weighted by atomic mass is 10.1. The van der Waals surface area contributed by atoms with Crippen LogP contribution in [0.4, 0.5) is 5.69 Å². The number of rotatable bonds is 7. The predicted molar refractivity (Wildman–Crippen MR) is 80.8 cm³/mol. The number of methoxy groups -OCH3 is 1. The van der Waals surface area contributed by atoms with Crippen LogP contribution >= 0.6 is 0 Å². The summed E-state index contributed by atoms with van der Waals surface area (Å²) in [7, 11) is 5.41. The Morgan fingerprint density at radius 3 is 2.57 bits per heavy atom. The van der Waals surface area contributed by atoms with Gasteiger partial charge in [0.15, 0.2) is 0 Å². The van der Waals surface area contributed by atoms with E-state index in [4.69, 9.17) is 16.2 Å². The van der Waals surface area contributed by atoms with Crippen LogP contribution in [-0.2, 0) is 16.1 Å². The first-order valence-corrected chi connectivity index (χ1v) is 6.50. The van der Waals surface area contributed by atoms with Gasteiger partial charge in [0.2, 0.25) is 11.8 Å². The highest BCUT2D eigenvalue weighted by Gasteiger charge is 2.17. The van der Waals surface area contributed by atoms with E-state index in [9.17, 15) is 9.59 Å². The maximum Gasteiger partial charge on any atom is 0.241 e. The molecule has 0 heterocycles. The van der Waals surface area contributed by atoms with E-state index in [1.54, 1.807) is 6.07 Å². The molecule has 2 amide bonds. The lowest BCUT2D eigenvalue weighted by Gasteiger charge is -2.16. The molecule has 7 heteroatoms. The molecule has 0 fully saturated rings. The van der Waals surface area contributed by atoms with E-state index in [0.717, 1.165) is 12.1 Å². The third kappa shape index (κ3) is 5.41. The summed E-state index contributed by atoms with van der Waals surface area (Å²) in [6.45, 7) is 0.722. The normalized spacial score (nSPS) is 12.0. The zero-order valence-corrected chi connectivity index (χ0v) is 12.6. The van der Waals surface area contributed by atoms with Gasteiger partial charge in [0.1, 0.15) is 5.75 Å². The molecular weight excluding hydrogens is 272 g/mol. The molecule has 0 saturated heterocycles. The highest BCUT2D eigenvalue weighted by Crippen LogP contribution is 2.26. The van der Waals surface area contributed by atoms with E-state index in [1.807, 2.05) is 31.1 Å². The van der Waals surface area contributed by atoms with E-state index < -0.39 is 17.9 Å². The van der Waals surface area contributed by atoms with Crippen LogP contribution in [0.2, 0.25) is 0 Å². The third-order valence-corrected chi connectivity index (χ3v) is 2.78. The molecule has 0 radical (unpaired) electrons. The van der Waals surface area contributed by atoms with Crippen LogP contribution in [0.1, 0.15) is 12.0 Å². The maximum atomic E-state index is 11.9. The Balaban J connectivity index is 2.89. The van der Waals surface area contributed by atoms with Crippen molar-refractivity contribution in [2.24, 2.45) is 11.5 Å². The number of ether oxygens (including phenoxy) is 1. The molecule has 0 bridgehead atoms. The minimum absolute atomic E-state index is 0.203. The van der Waals surface area contributed by atoms with Crippen LogP contribution in [-0.4, -0.2) is 44.0 Å². The number of benzene rings is 1. The number of nitrogens with one attached hydrogen (secondary N) is 1. The van der Waals surface area contributed by atoms with Gasteiger partial charge < -0.3 is 26.4 Å². The quantitative estimate of drug-likeness (QED) is 0.650. The number of nitrogens with two attached hydrogens (primary N) is 2. The van der Waals surface area contributed by atoms with Crippen LogP contribution < -0.4 is 21.5 Å². The standard InChI is InChI=1S/C14H22N4O3/c1-18(2)8-9-4-5-12(21-3)11(6-9)17-14(20)10(15)7-13(16)19/h4-6,10H,7-8,15H2,1-3H3,(H2,16,19)(H,17,20). The largest absolute Gasteiger partial charge is 0.495 e. The monoisotopic (exact) mass is 294 g/mol. The number of amides is 2. The second kappa shape index (κ2) is 7.61. The smallest absolute Gasteiger partial charge is 0.241 e. The van der Waals surface area contributed by atoms with E-state index in [-0.39, 0.29) is 6.42 Å². The van der Waals surface area contributed by atoms with Crippen molar-refractivity contribution in [3.63, 3.8) is 0 Å². The number of hydrogen-bond acceptors (Lipinski definition) is 5. The Kier molecular flexibility index (Phi) is 6.13. The molecule has 116 valence electrons. The maximum absolute atomic E-state index is 11.9. The van der Waals surface area contributed by atoms with Crippen molar-refractivity contribution in [3.05, 3.63) is 23.8 Å². The molecule has 5 N–H and O–H groups in total. The predicted octanol–water partition coefficient (Wildman–Crippen LogP) is -0.102. The Morgan fingerprint density at radius 1 is 1.38 bits per heavy atom.